The smallest absolute Gasteiger partial charge is 0.266 e. The zero-order valence-corrected chi connectivity index (χ0v) is 12.8. The van der Waals surface area contributed by atoms with Gasteiger partial charge < -0.3 is 4.90 Å². The number of aromatic nitrogens is 2. The van der Waals surface area contributed by atoms with E-state index in [2.05, 4.69) is 12.0 Å². The van der Waals surface area contributed by atoms with Crippen LogP contribution >= 0.6 is 0 Å². The van der Waals surface area contributed by atoms with Gasteiger partial charge in [-0.05, 0) is 18.8 Å². The maximum absolute atomic E-state index is 12.7. The van der Waals surface area contributed by atoms with Crippen LogP contribution in [0.25, 0.3) is 0 Å². The van der Waals surface area contributed by atoms with E-state index in [-0.39, 0.29) is 17.4 Å². The first kappa shape index (κ1) is 14.3. The summed E-state index contributed by atoms with van der Waals surface area (Å²) in [6.07, 6.45) is 5.17. The highest BCUT2D eigenvalue weighted by molar-refractivity contribution is 5.79. The van der Waals surface area contributed by atoms with Gasteiger partial charge in [0.15, 0.2) is 0 Å². The predicted molar refractivity (Wildman–Crippen MR) is 79.7 cm³/mol. The Morgan fingerprint density at radius 2 is 2.19 bits per heavy atom. The molecule has 1 aliphatic heterocycles. The molecule has 1 aromatic rings. The molecule has 1 saturated carbocycles. The molecule has 21 heavy (non-hydrogen) atoms. The lowest BCUT2D eigenvalue weighted by Gasteiger charge is -2.34. The molecule has 5 nitrogen and oxygen atoms in total. The second-order valence-corrected chi connectivity index (χ2v) is 6.56. The van der Waals surface area contributed by atoms with Crippen LogP contribution in [0.2, 0.25) is 0 Å². The Hall–Kier alpha value is -1.65. The van der Waals surface area contributed by atoms with Crippen molar-refractivity contribution in [2.45, 2.75) is 45.6 Å². The van der Waals surface area contributed by atoms with Crippen LogP contribution in [0.3, 0.4) is 0 Å². The summed E-state index contributed by atoms with van der Waals surface area (Å²) >= 11 is 0. The Kier molecular flexibility index (Phi) is 3.83. The minimum absolute atomic E-state index is 0.102. The van der Waals surface area contributed by atoms with Crippen molar-refractivity contribution in [3.63, 3.8) is 0 Å². The SMILES string of the molecule is CC1CCCC(C(=O)N2CCc3nn(C)c(=O)cc3C2)C1. The molecule has 0 bridgehead atoms. The largest absolute Gasteiger partial charge is 0.338 e. The fraction of sp³-hybridized carbons (Fsp3) is 0.688. The molecule has 2 aliphatic rings. The van der Waals surface area contributed by atoms with Crippen LogP contribution in [-0.4, -0.2) is 27.1 Å². The van der Waals surface area contributed by atoms with Crippen LogP contribution in [0.1, 0.15) is 43.9 Å². The maximum Gasteiger partial charge on any atom is 0.266 e. The Labute approximate surface area is 124 Å². The van der Waals surface area contributed by atoms with Crippen molar-refractivity contribution in [3.8, 4) is 0 Å². The van der Waals surface area contributed by atoms with Crippen molar-refractivity contribution in [1.82, 2.24) is 14.7 Å². The number of fused-ring (bicyclic) bond motifs is 1. The van der Waals surface area contributed by atoms with E-state index in [9.17, 15) is 9.59 Å². The molecule has 1 fully saturated rings. The van der Waals surface area contributed by atoms with E-state index in [1.165, 1.54) is 11.1 Å². The van der Waals surface area contributed by atoms with E-state index in [4.69, 9.17) is 0 Å². The summed E-state index contributed by atoms with van der Waals surface area (Å²) in [6.45, 7) is 3.50. The average Bonchev–Trinajstić information content (AvgIpc) is 2.47. The molecule has 5 heteroatoms. The van der Waals surface area contributed by atoms with Crippen LogP contribution < -0.4 is 5.56 Å². The van der Waals surface area contributed by atoms with Crippen LogP contribution in [-0.2, 0) is 24.8 Å². The Morgan fingerprint density at radius 1 is 1.38 bits per heavy atom. The zero-order chi connectivity index (χ0) is 15.0. The number of rotatable bonds is 1. The lowest BCUT2D eigenvalue weighted by atomic mass is 9.81. The average molecular weight is 289 g/mol. The first-order chi connectivity index (χ1) is 10.0. The van der Waals surface area contributed by atoms with E-state index in [1.807, 2.05) is 4.90 Å². The summed E-state index contributed by atoms with van der Waals surface area (Å²) in [6, 6.07) is 1.63. The molecule has 0 radical (unpaired) electrons. The number of carbonyl (C=O) groups excluding carboxylic acids is 1. The summed E-state index contributed by atoms with van der Waals surface area (Å²) in [4.78, 5) is 26.3. The third-order valence-corrected chi connectivity index (χ3v) is 4.84. The quantitative estimate of drug-likeness (QED) is 0.787. The number of nitrogens with zero attached hydrogens (tertiary/aromatic N) is 3. The highest BCUT2D eigenvalue weighted by Gasteiger charge is 2.30. The fourth-order valence-electron chi connectivity index (χ4n) is 3.60. The predicted octanol–water partition coefficient (Wildman–Crippen LogP) is 1.49. The van der Waals surface area contributed by atoms with Crippen LogP contribution in [0.15, 0.2) is 10.9 Å². The minimum atomic E-state index is -0.102. The topological polar surface area (TPSA) is 55.2 Å². The lowest BCUT2D eigenvalue weighted by molar-refractivity contribution is -0.138. The van der Waals surface area contributed by atoms with E-state index in [0.29, 0.717) is 12.5 Å². The summed E-state index contributed by atoms with van der Waals surface area (Å²) in [5, 5.41) is 4.30. The highest BCUT2D eigenvalue weighted by Crippen LogP contribution is 2.31. The molecular formula is C16H23N3O2. The Morgan fingerprint density at radius 3 is 2.95 bits per heavy atom. The molecule has 3 rings (SSSR count). The van der Waals surface area contributed by atoms with Crippen LogP contribution in [0.4, 0.5) is 0 Å². The van der Waals surface area contributed by atoms with Gasteiger partial charge >= 0.3 is 0 Å². The van der Waals surface area contributed by atoms with E-state index in [0.717, 1.165) is 43.5 Å². The van der Waals surface area contributed by atoms with Crippen molar-refractivity contribution in [3.05, 3.63) is 27.7 Å². The second kappa shape index (κ2) is 5.62. The van der Waals surface area contributed by atoms with Gasteiger partial charge in [-0.2, -0.15) is 5.10 Å². The number of carbonyl (C=O) groups is 1. The molecule has 2 heterocycles. The monoisotopic (exact) mass is 289 g/mol. The summed E-state index contributed by atoms with van der Waals surface area (Å²) < 4.78 is 1.37. The van der Waals surface area contributed by atoms with Gasteiger partial charge in [-0.15, -0.1) is 0 Å². The van der Waals surface area contributed by atoms with E-state index < -0.39 is 0 Å². The minimum Gasteiger partial charge on any atom is -0.338 e. The van der Waals surface area contributed by atoms with Crippen molar-refractivity contribution in [1.29, 1.82) is 0 Å². The van der Waals surface area contributed by atoms with Gasteiger partial charge in [-0.3, -0.25) is 9.59 Å². The number of hydrogen-bond acceptors (Lipinski definition) is 3. The van der Waals surface area contributed by atoms with E-state index in [1.54, 1.807) is 13.1 Å². The third-order valence-electron chi connectivity index (χ3n) is 4.84. The molecule has 114 valence electrons. The van der Waals surface area contributed by atoms with Crippen molar-refractivity contribution in [2.75, 3.05) is 6.54 Å². The van der Waals surface area contributed by atoms with Crippen LogP contribution in [0.5, 0.6) is 0 Å². The van der Waals surface area contributed by atoms with Gasteiger partial charge in [0.2, 0.25) is 5.91 Å². The van der Waals surface area contributed by atoms with Gasteiger partial charge in [0.1, 0.15) is 0 Å². The standard InChI is InChI=1S/C16H23N3O2/c1-11-4-3-5-12(8-11)16(21)19-7-6-14-13(10-19)9-15(20)18(2)17-14/h9,11-12H,3-8,10H2,1-2H3. The summed E-state index contributed by atoms with van der Waals surface area (Å²) in [7, 11) is 1.67. The number of amides is 1. The Balaban J connectivity index is 1.75. The third kappa shape index (κ3) is 2.87. The molecule has 0 spiro atoms. The maximum atomic E-state index is 12.7. The van der Waals surface area contributed by atoms with Crippen molar-refractivity contribution >= 4 is 5.91 Å². The summed E-state index contributed by atoms with van der Waals surface area (Å²) in [5.74, 6) is 1.10. The second-order valence-electron chi connectivity index (χ2n) is 6.56. The van der Waals surface area contributed by atoms with Crippen molar-refractivity contribution in [2.24, 2.45) is 18.9 Å². The molecule has 2 atom stereocenters. The normalized spacial score (nSPS) is 25.5. The van der Waals surface area contributed by atoms with Gasteiger partial charge in [0.25, 0.3) is 5.56 Å². The molecule has 1 aromatic heterocycles. The molecule has 0 saturated heterocycles. The molecule has 1 aliphatic carbocycles. The first-order valence-electron chi connectivity index (χ1n) is 7.89. The van der Waals surface area contributed by atoms with Gasteiger partial charge in [-0.25, -0.2) is 4.68 Å². The first-order valence-corrected chi connectivity index (χ1v) is 7.89. The zero-order valence-electron chi connectivity index (χ0n) is 12.8. The van der Waals surface area contributed by atoms with Gasteiger partial charge in [0, 0.05) is 44.1 Å². The summed E-state index contributed by atoms with van der Waals surface area (Å²) in [5.41, 5.74) is 1.77. The van der Waals surface area contributed by atoms with Gasteiger partial charge in [0.05, 0.1) is 5.69 Å². The van der Waals surface area contributed by atoms with Crippen LogP contribution in [0, 0.1) is 11.8 Å². The molecule has 1 amide bonds. The number of hydrogen-bond donors (Lipinski definition) is 0. The van der Waals surface area contributed by atoms with Gasteiger partial charge in [-0.1, -0.05) is 19.8 Å². The molecule has 2 unspecified atom stereocenters. The number of aryl methyl sites for hydroxylation is 1. The molecule has 0 N–H and O–H groups in total. The molecular weight excluding hydrogens is 266 g/mol. The lowest BCUT2D eigenvalue weighted by Crippen LogP contribution is -2.42. The Bertz CT molecular complexity index is 608. The van der Waals surface area contributed by atoms with Crippen molar-refractivity contribution < 1.29 is 4.79 Å². The highest BCUT2D eigenvalue weighted by atomic mass is 16.2. The fourth-order valence-corrected chi connectivity index (χ4v) is 3.60. The molecule has 0 aromatic carbocycles. The van der Waals surface area contributed by atoms with E-state index >= 15 is 0 Å².